The van der Waals surface area contributed by atoms with Gasteiger partial charge in [-0.1, -0.05) is 32.1 Å². The fourth-order valence-corrected chi connectivity index (χ4v) is 2.80. The molecule has 96 valence electrons. The van der Waals surface area contributed by atoms with Crippen LogP contribution in [-0.2, 0) is 0 Å². The van der Waals surface area contributed by atoms with E-state index in [1.54, 1.807) is 0 Å². The number of anilines is 1. The van der Waals surface area contributed by atoms with Crippen LogP contribution in [0.4, 0.5) is 5.69 Å². The fraction of sp³-hybridized carbons (Fsp3) is 0.562. The Kier molecular flexibility index (Phi) is 4.64. The summed E-state index contributed by atoms with van der Waals surface area (Å²) in [5, 5.41) is 12.4. The summed E-state index contributed by atoms with van der Waals surface area (Å²) in [6.07, 6.45) is 8.36. The minimum Gasteiger partial charge on any atom is -0.385 e. The maximum absolute atomic E-state index is 8.89. The molecule has 2 nitrogen and oxygen atoms in total. The fourth-order valence-electron chi connectivity index (χ4n) is 2.80. The van der Waals surface area contributed by atoms with Gasteiger partial charge in [-0.3, -0.25) is 0 Å². The maximum Gasteiger partial charge on any atom is 0.0994 e. The van der Waals surface area contributed by atoms with Crippen LogP contribution in [0.15, 0.2) is 18.2 Å². The second-order valence-electron chi connectivity index (χ2n) is 5.36. The van der Waals surface area contributed by atoms with Gasteiger partial charge in [0.15, 0.2) is 0 Å². The van der Waals surface area contributed by atoms with E-state index in [4.69, 9.17) is 5.26 Å². The van der Waals surface area contributed by atoms with Gasteiger partial charge in [0.1, 0.15) is 0 Å². The average molecular weight is 242 g/mol. The van der Waals surface area contributed by atoms with Gasteiger partial charge < -0.3 is 5.32 Å². The molecule has 2 heteroatoms. The Morgan fingerprint density at radius 2 is 2.06 bits per heavy atom. The SMILES string of the molecule is Cc1cc(NCCC2CCCCC2)ccc1C#N. The first-order valence-corrected chi connectivity index (χ1v) is 7.04. The van der Waals surface area contributed by atoms with Crippen LogP contribution in [0.1, 0.15) is 49.7 Å². The van der Waals surface area contributed by atoms with Crippen molar-refractivity contribution in [2.24, 2.45) is 5.92 Å². The molecule has 1 aromatic carbocycles. The van der Waals surface area contributed by atoms with Crippen molar-refractivity contribution in [1.82, 2.24) is 0 Å². The van der Waals surface area contributed by atoms with Gasteiger partial charge in [-0.05, 0) is 43.0 Å². The first-order valence-electron chi connectivity index (χ1n) is 7.04. The van der Waals surface area contributed by atoms with Crippen LogP contribution >= 0.6 is 0 Å². The van der Waals surface area contributed by atoms with Crippen LogP contribution in [0, 0.1) is 24.2 Å². The highest BCUT2D eigenvalue weighted by atomic mass is 14.9. The van der Waals surface area contributed by atoms with Crippen LogP contribution < -0.4 is 5.32 Å². The molecule has 0 atom stereocenters. The van der Waals surface area contributed by atoms with Crippen LogP contribution in [-0.4, -0.2) is 6.54 Å². The Bertz CT molecular complexity index is 425. The van der Waals surface area contributed by atoms with Gasteiger partial charge in [-0.15, -0.1) is 0 Å². The quantitative estimate of drug-likeness (QED) is 0.856. The summed E-state index contributed by atoms with van der Waals surface area (Å²) < 4.78 is 0. The number of nitriles is 1. The molecule has 0 aliphatic heterocycles. The minimum atomic E-state index is 0.771. The Labute approximate surface area is 110 Å². The highest BCUT2D eigenvalue weighted by molar-refractivity contribution is 5.51. The molecule has 0 unspecified atom stereocenters. The second-order valence-corrected chi connectivity index (χ2v) is 5.36. The van der Waals surface area contributed by atoms with Crippen molar-refractivity contribution in [1.29, 1.82) is 5.26 Å². The Hall–Kier alpha value is -1.49. The summed E-state index contributed by atoms with van der Waals surface area (Å²) in [6.45, 7) is 3.04. The highest BCUT2D eigenvalue weighted by Gasteiger charge is 2.12. The third-order valence-electron chi connectivity index (χ3n) is 3.95. The zero-order valence-electron chi connectivity index (χ0n) is 11.2. The normalized spacial score (nSPS) is 16.2. The Morgan fingerprint density at radius 1 is 1.28 bits per heavy atom. The van der Waals surface area contributed by atoms with E-state index in [0.717, 1.165) is 29.3 Å². The summed E-state index contributed by atoms with van der Waals surface area (Å²) in [7, 11) is 0. The number of nitrogens with one attached hydrogen (secondary N) is 1. The van der Waals surface area contributed by atoms with Crippen molar-refractivity contribution in [2.75, 3.05) is 11.9 Å². The standard InChI is InChI=1S/C16H22N2/c1-13-11-16(8-7-15(13)12-17)18-10-9-14-5-3-2-4-6-14/h7-8,11,14,18H,2-6,9-10H2,1H3. The maximum atomic E-state index is 8.89. The molecule has 1 saturated carbocycles. The molecular formula is C16H22N2. The van der Waals surface area contributed by atoms with Crippen LogP contribution in [0.3, 0.4) is 0 Å². The van der Waals surface area contributed by atoms with Gasteiger partial charge in [-0.2, -0.15) is 5.26 Å². The third-order valence-corrected chi connectivity index (χ3v) is 3.95. The van der Waals surface area contributed by atoms with E-state index in [2.05, 4.69) is 17.5 Å². The first-order chi connectivity index (χ1) is 8.79. The summed E-state index contributed by atoms with van der Waals surface area (Å²) in [6, 6.07) is 8.18. The molecule has 0 aromatic heterocycles. The van der Waals surface area contributed by atoms with Gasteiger partial charge in [0.25, 0.3) is 0 Å². The molecular weight excluding hydrogens is 220 g/mol. The summed E-state index contributed by atoms with van der Waals surface area (Å²) >= 11 is 0. The molecule has 18 heavy (non-hydrogen) atoms. The van der Waals surface area contributed by atoms with E-state index >= 15 is 0 Å². The molecule has 0 saturated heterocycles. The Balaban J connectivity index is 1.79. The molecule has 1 aliphatic carbocycles. The number of aryl methyl sites for hydroxylation is 1. The van der Waals surface area contributed by atoms with Crippen LogP contribution in [0.5, 0.6) is 0 Å². The molecule has 0 amide bonds. The molecule has 1 aromatic rings. The molecule has 0 bridgehead atoms. The molecule has 2 rings (SSSR count). The summed E-state index contributed by atoms with van der Waals surface area (Å²) in [5.41, 5.74) is 2.97. The van der Waals surface area contributed by atoms with Gasteiger partial charge in [0, 0.05) is 12.2 Å². The van der Waals surface area contributed by atoms with E-state index in [1.165, 1.54) is 38.5 Å². The first kappa shape index (κ1) is 13.0. The van der Waals surface area contributed by atoms with E-state index in [9.17, 15) is 0 Å². The monoisotopic (exact) mass is 242 g/mol. The molecule has 1 aliphatic rings. The van der Waals surface area contributed by atoms with Gasteiger partial charge in [0.2, 0.25) is 0 Å². The Morgan fingerprint density at radius 3 is 2.72 bits per heavy atom. The lowest BCUT2D eigenvalue weighted by Gasteiger charge is -2.21. The largest absolute Gasteiger partial charge is 0.385 e. The van der Waals surface area contributed by atoms with Gasteiger partial charge in [-0.25, -0.2) is 0 Å². The van der Waals surface area contributed by atoms with E-state index < -0.39 is 0 Å². The average Bonchev–Trinajstić information content (AvgIpc) is 2.40. The van der Waals surface area contributed by atoms with Gasteiger partial charge in [0.05, 0.1) is 11.6 Å². The summed E-state index contributed by atoms with van der Waals surface area (Å²) in [4.78, 5) is 0. The van der Waals surface area contributed by atoms with Crippen molar-refractivity contribution in [3.8, 4) is 6.07 Å². The zero-order chi connectivity index (χ0) is 12.8. The van der Waals surface area contributed by atoms with Crippen molar-refractivity contribution in [2.45, 2.75) is 45.4 Å². The lowest BCUT2D eigenvalue weighted by Crippen LogP contribution is -2.12. The van der Waals surface area contributed by atoms with Crippen LogP contribution in [0.2, 0.25) is 0 Å². The minimum absolute atomic E-state index is 0.771. The highest BCUT2D eigenvalue weighted by Crippen LogP contribution is 2.26. The molecule has 0 heterocycles. The second kappa shape index (κ2) is 6.44. The van der Waals surface area contributed by atoms with Crippen LogP contribution in [0.25, 0.3) is 0 Å². The van der Waals surface area contributed by atoms with E-state index in [1.807, 2.05) is 19.1 Å². The number of benzene rings is 1. The molecule has 0 spiro atoms. The number of hydrogen-bond donors (Lipinski definition) is 1. The van der Waals surface area contributed by atoms with Crippen molar-refractivity contribution < 1.29 is 0 Å². The smallest absolute Gasteiger partial charge is 0.0994 e. The van der Waals surface area contributed by atoms with Crippen molar-refractivity contribution in [3.05, 3.63) is 29.3 Å². The zero-order valence-corrected chi connectivity index (χ0v) is 11.2. The van der Waals surface area contributed by atoms with E-state index in [0.29, 0.717) is 0 Å². The van der Waals surface area contributed by atoms with Crippen molar-refractivity contribution >= 4 is 5.69 Å². The third kappa shape index (κ3) is 3.50. The van der Waals surface area contributed by atoms with Gasteiger partial charge >= 0.3 is 0 Å². The summed E-state index contributed by atoms with van der Waals surface area (Å²) in [5.74, 6) is 0.922. The number of nitrogens with zero attached hydrogens (tertiary/aromatic N) is 1. The predicted octanol–water partition coefficient (Wildman–Crippen LogP) is 4.25. The number of rotatable bonds is 4. The topological polar surface area (TPSA) is 35.8 Å². The predicted molar refractivity (Wildman–Crippen MR) is 75.6 cm³/mol. The number of hydrogen-bond acceptors (Lipinski definition) is 2. The molecule has 1 fully saturated rings. The lowest BCUT2D eigenvalue weighted by molar-refractivity contribution is 0.345. The lowest BCUT2D eigenvalue weighted by atomic mass is 9.87. The van der Waals surface area contributed by atoms with Crippen molar-refractivity contribution in [3.63, 3.8) is 0 Å². The molecule has 1 N–H and O–H groups in total. The van der Waals surface area contributed by atoms with E-state index in [-0.39, 0.29) is 0 Å². The molecule has 0 radical (unpaired) electrons.